The molecule has 2 aromatic rings. The molecule has 0 radical (unpaired) electrons. The molecule has 106 valence electrons. The number of thiophene rings is 1. The van der Waals surface area contributed by atoms with Crippen LogP contribution in [0.5, 0.6) is 0 Å². The van der Waals surface area contributed by atoms with Crippen molar-refractivity contribution in [3.63, 3.8) is 0 Å². The molecule has 1 aliphatic rings. The smallest absolute Gasteiger partial charge is 0.137 e. The summed E-state index contributed by atoms with van der Waals surface area (Å²) in [6.07, 6.45) is 5.15. The minimum atomic E-state index is 0.639. The number of aromatic nitrogens is 2. The monoisotopic (exact) mass is 288 g/mol. The Kier molecular flexibility index (Phi) is 3.87. The summed E-state index contributed by atoms with van der Waals surface area (Å²) in [7, 11) is 1.92. The molecule has 0 saturated heterocycles. The fourth-order valence-corrected chi connectivity index (χ4v) is 3.19. The van der Waals surface area contributed by atoms with Crippen molar-refractivity contribution in [2.45, 2.75) is 38.8 Å². The fourth-order valence-electron chi connectivity index (χ4n) is 2.53. The first-order valence-electron chi connectivity index (χ1n) is 7.12. The summed E-state index contributed by atoms with van der Waals surface area (Å²) in [5.74, 6) is 2.05. The average molecular weight is 288 g/mol. The highest BCUT2D eigenvalue weighted by Crippen LogP contribution is 2.35. The quantitative estimate of drug-likeness (QED) is 0.885. The number of rotatable bonds is 6. The van der Waals surface area contributed by atoms with Crippen LogP contribution in [-0.2, 0) is 13.0 Å². The molecular formula is C15H20N4S. The van der Waals surface area contributed by atoms with Crippen LogP contribution in [0.3, 0.4) is 0 Å². The molecular weight excluding hydrogens is 268 g/mol. The Hall–Kier alpha value is -1.62. The van der Waals surface area contributed by atoms with Gasteiger partial charge in [0.05, 0.1) is 0 Å². The van der Waals surface area contributed by atoms with E-state index in [0.717, 1.165) is 24.6 Å². The topological polar surface area (TPSA) is 41.1 Å². The van der Waals surface area contributed by atoms with Crippen molar-refractivity contribution >= 4 is 23.0 Å². The van der Waals surface area contributed by atoms with Gasteiger partial charge in [-0.25, -0.2) is 9.97 Å². The molecule has 0 spiro atoms. The lowest BCUT2D eigenvalue weighted by atomic mass is 10.2. The summed E-state index contributed by atoms with van der Waals surface area (Å²) in [5, 5.41) is 7.55. The maximum atomic E-state index is 4.58. The predicted octanol–water partition coefficient (Wildman–Crippen LogP) is 3.31. The third-order valence-electron chi connectivity index (χ3n) is 3.71. The van der Waals surface area contributed by atoms with E-state index in [-0.39, 0.29) is 0 Å². The van der Waals surface area contributed by atoms with Crippen molar-refractivity contribution in [2.24, 2.45) is 0 Å². The van der Waals surface area contributed by atoms with Crippen LogP contribution in [0.15, 0.2) is 23.2 Å². The lowest BCUT2D eigenvalue weighted by Crippen LogP contribution is -2.27. The van der Waals surface area contributed by atoms with Gasteiger partial charge in [-0.2, -0.15) is 11.3 Å². The van der Waals surface area contributed by atoms with Gasteiger partial charge in [-0.15, -0.1) is 0 Å². The Labute approximate surface area is 123 Å². The van der Waals surface area contributed by atoms with Gasteiger partial charge < -0.3 is 10.2 Å². The Morgan fingerprint density at radius 2 is 2.25 bits per heavy atom. The molecule has 0 bridgehead atoms. The van der Waals surface area contributed by atoms with Gasteiger partial charge in [-0.3, -0.25) is 0 Å². The second-order valence-corrected chi connectivity index (χ2v) is 5.90. The molecule has 0 amide bonds. The lowest BCUT2D eigenvalue weighted by Gasteiger charge is -2.26. The summed E-state index contributed by atoms with van der Waals surface area (Å²) in [6.45, 7) is 3.11. The van der Waals surface area contributed by atoms with Crippen LogP contribution in [-0.4, -0.2) is 23.1 Å². The molecule has 0 unspecified atom stereocenters. The number of hydrogen-bond donors (Lipinski definition) is 1. The van der Waals surface area contributed by atoms with Gasteiger partial charge in [0.25, 0.3) is 0 Å². The Bertz CT molecular complexity index is 563. The van der Waals surface area contributed by atoms with E-state index in [4.69, 9.17) is 0 Å². The van der Waals surface area contributed by atoms with Gasteiger partial charge in [0.2, 0.25) is 0 Å². The molecule has 0 aromatic carbocycles. The SMILES string of the molecule is CCc1c(NC)ncnc1N(Cc1ccsc1)C1CC1. The number of hydrogen-bond acceptors (Lipinski definition) is 5. The van der Waals surface area contributed by atoms with Crippen LogP contribution in [0.2, 0.25) is 0 Å². The van der Waals surface area contributed by atoms with Crippen LogP contribution in [0.1, 0.15) is 30.9 Å². The largest absolute Gasteiger partial charge is 0.373 e. The molecule has 1 saturated carbocycles. The van der Waals surface area contributed by atoms with Crippen molar-refractivity contribution in [1.82, 2.24) is 9.97 Å². The summed E-state index contributed by atoms with van der Waals surface area (Å²) in [4.78, 5) is 11.4. The fraction of sp³-hybridized carbons (Fsp3) is 0.467. The average Bonchev–Trinajstić information content (AvgIpc) is 3.20. The highest BCUT2D eigenvalue weighted by molar-refractivity contribution is 7.07. The number of anilines is 2. The van der Waals surface area contributed by atoms with Crippen LogP contribution in [0.4, 0.5) is 11.6 Å². The summed E-state index contributed by atoms with van der Waals surface area (Å²) in [5.41, 5.74) is 2.59. The van der Waals surface area contributed by atoms with Crippen molar-refractivity contribution in [1.29, 1.82) is 0 Å². The van der Waals surface area contributed by atoms with E-state index < -0.39 is 0 Å². The van der Waals surface area contributed by atoms with Crippen molar-refractivity contribution in [3.05, 3.63) is 34.3 Å². The Morgan fingerprint density at radius 3 is 2.85 bits per heavy atom. The molecule has 1 aliphatic carbocycles. The van der Waals surface area contributed by atoms with Gasteiger partial charge in [0, 0.05) is 25.2 Å². The third kappa shape index (κ3) is 2.63. The van der Waals surface area contributed by atoms with Gasteiger partial charge >= 0.3 is 0 Å². The number of nitrogens with one attached hydrogen (secondary N) is 1. The van der Waals surface area contributed by atoms with Crippen molar-refractivity contribution in [3.8, 4) is 0 Å². The van der Waals surface area contributed by atoms with E-state index in [0.29, 0.717) is 6.04 Å². The highest BCUT2D eigenvalue weighted by atomic mass is 32.1. The maximum absolute atomic E-state index is 4.58. The zero-order valence-electron chi connectivity index (χ0n) is 12.0. The predicted molar refractivity (Wildman–Crippen MR) is 84.5 cm³/mol. The molecule has 4 nitrogen and oxygen atoms in total. The normalized spacial score (nSPS) is 14.3. The summed E-state index contributed by atoms with van der Waals surface area (Å²) < 4.78 is 0. The minimum Gasteiger partial charge on any atom is -0.373 e. The van der Waals surface area contributed by atoms with E-state index in [1.807, 2.05) is 7.05 Å². The van der Waals surface area contributed by atoms with Crippen LogP contribution < -0.4 is 10.2 Å². The second-order valence-electron chi connectivity index (χ2n) is 5.12. The first kappa shape index (κ1) is 13.4. The molecule has 5 heteroatoms. The van der Waals surface area contributed by atoms with Gasteiger partial charge in [-0.05, 0) is 41.7 Å². The number of nitrogens with zero attached hydrogens (tertiary/aromatic N) is 3. The molecule has 1 N–H and O–H groups in total. The van der Waals surface area contributed by atoms with Gasteiger partial charge in [0.15, 0.2) is 0 Å². The molecule has 3 rings (SSSR count). The van der Waals surface area contributed by atoms with E-state index in [1.54, 1.807) is 17.7 Å². The van der Waals surface area contributed by atoms with E-state index in [9.17, 15) is 0 Å². The summed E-state index contributed by atoms with van der Waals surface area (Å²) >= 11 is 1.75. The molecule has 2 aromatic heterocycles. The van der Waals surface area contributed by atoms with Crippen LogP contribution in [0, 0.1) is 0 Å². The maximum Gasteiger partial charge on any atom is 0.137 e. The van der Waals surface area contributed by atoms with Crippen molar-refractivity contribution < 1.29 is 0 Å². The van der Waals surface area contributed by atoms with Crippen LogP contribution in [0.25, 0.3) is 0 Å². The molecule has 0 aliphatic heterocycles. The third-order valence-corrected chi connectivity index (χ3v) is 4.44. The van der Waals surface area contributed by atoms with E-state index in [1.165, 1.54) is 24.0 Å². The van der Waals surface area contributed by atoms with E-state index >= 15 is 0 Å². The first-order chi connectivity index (χ1) is 9.83. The minimum absolute atomic E-state index is 0.639. The molecule has 0 atom stereocenters. The van der Waals surface area contributed by atoms with Gasteiger partial charge in [0.1, 0.15) is 18.0 Å². The van der Waals surface area contributed by atoms with Crippen molar-refractivity contribution in [2.75, 3.05) is 17.3 Å². The zero-order valence-corrected chi connectivity index (χ0v) is 12.8. The van der Waals surface area contributed by atoms with E-state index in [2.05, 4.69) is 43.9 Å². The Morgan fingerprint density at radius 1 is 1.40 bits per heavy atom. The van der Waals surface area contributed by atoms with Crippen LogP contribution >= 0.6 is 11.3 Å². The highest BCUT2D eigenvalue weighted by Gasteiger charge is 2.31. The molecule has 2 heterocycles. The lowest BCUT2D eigenvalue weighted by molar-refractivity contribution is 0.768. The summed E-state index contributed by atoms with van der Waals surface area (Å²) in [6, 6.07) is 2.84. The van der Waals surface area contributed by atoms with Gasteiger partial charge in [-0.1, -0.05) is 6.92 Å². The Balaban J connectivity index is 1.95. The first-order valence-corrected chi connectivity index (χ1v) is 8.07. The molecule has 20 heavy (non-hydrogen) atoms. The zero-order chi connectivity index (χ0) is 13.9. The molecule has 1 fully saturated rings. The second kappa shape index (κ2) is 5.79. The standard InChI is InChI=1S/C15H20N4S/c1-3-13-14(16-2)17-10-18-15(13)19(12-4-5-12)8-11-6-7-20-9-11/h6-7,9-10,12H,3-5,8H2,1-2H3,(H,16,17,18).